The van der Waals surface area contributed by atoms with Crippen LogP contribution in [0.2, 0.25) is 0 Å². The van der Waals surface area contributed by atoms with E-state index in [4.69, 9.17) is 8.83 Å². The first-order chi connectivity index (χ1) is 13.1. The van der Waals surface area contributed by atoms with E-state index < -0.39 is 0 Å². The number of benzene rings is 1. The SMILES string of the molecule is Cc1ccc([C@@H](NCc2nnc(-c3cc(C)oc3C)o2)c2cccs2)cc1. The van der Waals surface area contributed by atoms with Gasteiger partial charge in [0.1, 0.15) is 11.5 Å². The maximum atomic E-state index is 5.85. The molecule has 27 heavy (non-hydrogen) atoms. The Morgan fingerprint density at radius 2 is 1.85 bits per heavy atom. The van der Waals surface area contributed by atoms with Crippen molar-refractivity contribution < 1.29 is 8.83 Å². The maximum Gasteiger partial charge on any atom is 0.251 e. The smallest absolute Gasteiger partial charge is 0.251 e. The van der Waals surface area contributed by atoms with E-state index in [-0.39, 0.29) is 6.04 Å². The molecule has 3 aromatic heterocycles. The molecule has 0 saturated heterocycles. The van der Waals surface area contributed by atoms with Gasteiger partial charge in [-0.25, -0.2) is 0 Å². The van der Waals surface area contributed by atoms with Crippen LogP contribution in [0.3, 0.4) is 0 Å². The van der Waals surface area contributed by atoms with Gasteiger partial charge < -0.3 is 8.83 Å². The highest BCUT2D eigenvalue weighted by molar-refractivity contribution is 7.10. The van der Waals surface area contributed by atoms with E-state index in [2.05, 4.69) is 64.2 Å². The molecule has 0 saturated carbocycles. The van der Waals surface area contributed by atoms with Crippen molar-refractivity contribution in [3.8, 4) is 11.5 Å². The van der Waals surface area contributed by atoms with E-state index in [1.54, 1.807) is 11.3 Å². The Hall–Kier alpha value is -2.70. The van der Waals surface area contributed by atoms with Gasteiger partial charge in [-0.05, 0) is 43.8 Å². The quantitative estimate of drug-likeness (QED) is 0.499. The van der Waals surface area contributed by atoms with Crippen LogP contribution in [0.25, 0.3) is 11.5 Å². The van der Waals surface area contributed by atoms with Crippen molar-refractivity contribution in [1.29, 1.82) is 0 Å². The van der Waals surface area contributed by atoms with Crippen molar-refractivity contribution in [2.75, 3.05) is 0 Å². The lowest BCUT2D eigenvalue weighted by Gasteiger charge is -2.17. The summed E-state index contributed by atoms with van der Waals surface area (Å²) in [4.78, 5) is 1.25. The predicted molar refractivity (Wildman–Crippen MR) is 106 cm³/mol. The van der Waals surface area contributed by atoms with Crippen LogP contribution in [-0.4, -0.2) is 10.2 Å². The fourth-order valence-corrected chi connectivity index (χ4v) is 3.89. The molecular weight excluding hydrogens is 358 g/mol. The Morgan fingerprint density at radius 3 is 2.52 bits per heavy atom. The van der Waals surface area contributed by atoms with E-state index >= 15 is 0 Å². The second-order valence-corrected chi connectivity index (χ2v) is 7.55. The van der Waals surface area contributed by atoms with Gasteiger partial charge in [0.05, 0.1) is 18.2 Å². The fourth-order valence-electron chi connectivity index (χ4n) is 3.06. The number of nitrogens with zero attached hydrogens (tertiary/aromatic N) is 2. The number of nitrogens with one attached hydrogen (secondary N) is 1. The summed E-state index contributed by atoms with van der Waals surface area (Å²) in [5, 5.41) is 14.0. The summed E-state index contributed by atoms with van der Waals surface area (Å²) < 4.78 is 11.4. The van der Waals surface area contributed by atoms with Crippen molar-refractivity contribution in [3.63, 3.8) is 0 Å². The van der Waals surface area contributed by atoms with Gasteiger partial charge in [-0.1, -0.05) is 35.9 Å². The number of thiophene rings is 1. The lowest BCUT2D eigenvalue weighted by atomic mass is 10.0. The van der Waals surface area contributed by atoms with Crippen LogP contribution in [0.4, 0.5) is 0 Å². The zero-order chi connectivity index (χ0) is 18.8. The highest BCUT2D eigenvalue weighted by Gasteiger charge is 2.18. The molecule has 0 aliphatic carbocycles. The van der Waals surface area contributed by atoms with E-state index in [9.17, 15) is 0 Å². The van der Waals surface area contributed by atoms with Crippen LogP contribution in [-0.2, 0) is 6.54 Å². The molecule has 6 heteroatoms. The molecule has 0 unspecified atom stereocenters. The Morgan fingerprint density at radius 1 is 1.04 bits per heavy atom. The highest BCUT2D eigenvalue weighted by atomic mass is 32.1. The Labute approximate surface area is 162 Å². The Bertz CT molecular complexity index is 1020. The van der Waals surface area contributed by atoms with Crippen LogP contribution in [0.15, 0.2) is 56.7 Å². The van der Waals surface area contributed by atoms with Crippen molar-refractivity contribution in [3.05, 3.63) is 81.3 Å². The van der Waals surface area contributed by atoms with Gasteiger partial charge in [0, 0.05) is 4.88 Å². The molecule has 0 radical (unpaired) electrons. The molecule has 0 spiro atoms. The third-order valence-electron chi connectivity index (χ3n) is 4.43. The van der Waals surface area contributed by atoms with Crippen LogP contribution < -0.4 is 5.32 Å². The van der Waals surface area contributed by atoms with Crippen LogP contribution in [0.1, 0.15) is 39.5 Å². The average molecular weight is 379 g/mol. The first kappa shape index (κ1) is 17.7. The largest absolute Gasteiger partial charge is 0.466 e. The normalized spacial score (nSPS) is 12.4. The number of hydrogen-bond acceptors (Lipinski definition) is 6. The summed E-state index contributed by atoms with van der Waals surface area (Å²) >= 11 is 1.73. The summed E-state index contributed by atoms with van der Waals surface area (Å²) in [6.45, 7) is 6.38. The van der Waals surface area contributed by atoms with Gasteiger partial charge in [0.15, 0.2) is 0 Å². The average Bonchev–Trinajstić information content (AvgIpc) is 3.38. The molecule has 5 nitrogen and oxygen atoms in total. The third-order valence-corrected chi connectivity index (χ3v) is 5.37. The summed E-state index contributed by atoms with van der Waals surface area (Å²) in [5.74, 6) is 2.66. The molecule has 1 atom stereocenters. The monoisotopic (exact) mass is 379 g/mol. The molecule has 3 heterocycles. The molecule has 0 bridgehead atoms. The van der Waals surface area contributed by atoms with Gasteiger partial charge in [0.25, 0.3) is 5.89 Å². The highest BCUT2D eigenvalue weighted by Crippen LogP contribution is 2.28. The Balaban J connectivity index is 1.53. The predicted octanol–water partition coefficient (Wildman–Crippen LogP) is 5.20. The molecular formula is C21H21N3O2S. The van der Waals surface area contributed by atoms with Crippen LogP contribution in [0, 0.1) is 20.8 Å². The molecule has 1 N–H and O–H groups in total. The molecule has 0 amide bonds. The zero-order valence-corrected chi connectivity index (χ0v) is 16.3. The molecule has 4 aromatic rings. The number of rotatable bonds is 6. The minimum absolute atomic E-state index is 0.0823. The summed E-state index contributed by atoms with van der Waals surface area (Å²) in [6.07, 6.45) is 0. The van der Waals surface area contributed by atoms with Gasteiger partial charge in [-0.3, -0.25) is 5.32 Å². The van der Waals surface area contributed by atoms with Gasteiger partial charge in [0.2, 0.25) is 5.89 Å². The van der Waals surface area contributed by atoms with E-state index in [1.165, 1.54) is 16.0 Å². The third kappa shape index (κ3) is 3.86. The number of aryl methyl sites for hydroxylation is 3. The molecule has 138 valence electrons. The lowest BCUT2D eigenvalue weighted by molar-refractivity contribution is 0.461. The molecule has 0 aliphatic rings. The number of furan rings is 1. The van der Waals surface area contributed by atoms with Gasteiger partial charge in [-0.2, -0.15) is 0 Å². The standard InChI is InChI=1S/C21H21N3O2S/c1-13-6-8-16(9-7-13)20(18-5-4-10-27-18)22-12-19-23-24-21(26-19)17-11-14(2)25-15(17)3/h4-11,20,22H,12H2,1-3H3/t20-/m1/s1. The number of aromatic nitrogens is 2. The summed E-state index contributed by atoms with van der Waals surface area (Å²) in [7, 11) is 0. The van der Waals surface area contributed by atoms with Crippen LogP contribution in [0.5, 0.6) is 0 Å². The molecule has 4 rings (SSSR count). The van der Waals surface area contributed by atoms with E-state index in [0.29, 0.717) is 18.3 Å². The zero-order valence-electron chi connectivity index (χ0n) is 15.5. The van der Waals surface area contributed by atoms with Crippen molar-refractivity contribution in [2.24, 2.45) is 0 Å². The Kier molecular flexibility index (Phi) is 4.92. The lowest BCUT2D eigenvalue weighted by Crippen LogP contribution is -2.21. The summed E-state index contributed by atoms with van der Waals surface area (Å²) in [5.41, 5.74) is 3.31. The minimum atomic E-state index is 0.0823. The first-order valence-corrected chi connectivity index (χ1v) is 9.71. The van der Waals surface area contributed by atoms with E-state index in [0.717, 1.165) is 17.1 Å². The van der Waals surface area contributed by atoms with Gasteiger partial charge >= 0.3 is 0 Å². The second kappa shape index (κ2) is 7.50. The number of hydrogen-bond donors (Lipinski definition) is 1. The second-order valence-electron chi connectivity index (χ2n) is 6.57. The van der Waals surface area contributed by atoms with E-state index in [1.807, 2.05) is 19.9 Å². The van der Waals surface area contributed by atoms with Crippen molar-refractivity contribution >= 4 is 11.3 Å². The molecule has 0 fully saturated rings. The maximum absolute atomic E-state index is 5.85. The topological polar surface area (TPSA) is 64.1 Å². The van der Waals surface area contributed by atoms with Gasteiger partial charge in [-0.15, -0.1) is 21.5 Å². The first-order valence-electron chi connectivity index (χ1n) is 8.83. The van der Waals surface area contributed by atoms with Crippen molar-refractivity contribution in [1.82, 2.24) is 15.5 Å². The van der Waals surface area contributed by atoms with Crippen molar-refractivity contribution in [2.45, 2.75) is 33.4 Å². The fraction of sp³-hybridized carbons (Fsp3) is 0.238. The summed E-state index contributed by atoms with van der Waals surface area (Å²) in [6, 6.07) is 14.8. The molecule has 0 aliphatic heterocycles. The van der Waals surface area contributed by atoms with Crippen LogP contribution >= 0.6 is 11.3 Å². The molecule has 1 aromatic carbocycles. The minimum Gasteiger partial charge on any atom is -0.466 e.